The number of aryl methyl sites for hydroxylation is 2. The zero-order valence-electron chi connectivity index (χ0n) is 15.7. The smallest absolute Gasteiger partial charge is 0.261 e. The second kappa shape index (κ2) is 7.76. The molecule has 1 N–H and O–H groups in total. The van der Waals surface area contributed by atoms with Crippen LogP contribution in [0.1, 0.15) is 42.5 Å². The van der Waals surface area contributed by atoms with Crippen LogP contribution in [0, 0.1) is 0 Å². The van der Waals surface area contributed by atoms with Crippen LogP contribution >= 0.6 is 11.6 Å². The van der Waals surface area contributed by atoms with Crippen molar-refractivity contribution in [2.45, 2.75) is 45.2 Å². The van der Waals surface area contributed by atoms with Gasteiger partial charge in [-0.1, -0.05) is 29.8 Å². The van der Waals surface area contributed by atoms with Gasteiger partial charge in [-0.05, 0) is 67.5 Å². The minimum absolute atomic E-state index is 0.0798. The first-order valence-corrected chi connectivity index (χ1v) is 9.95. The number of hydrogen-bond acceptors (Lipinski definition) is 3. The Morgan fingerprint density at radius 1 is 1.18 bits per heavy atom. The minimum Gasteiger partial charge on any atom is -0.348 e. The van der Waals surface area contributed by atoms with Crippen molar-refractivity contribution in [3.05, 3.63) is 74.8 Å². The van der Waals surface area contributed by atoms with E-state index in [2.05, 4.69) is 28.5 Å². The van der Waals surface area contributed by atoms with Crippen LogP contribution in [0.3, 0.4) is 0 Å². The van der Waals surface area contributed by atoms with Gasteiger partial charge in [-0.3, -0.25) is 14.2 Å². The summed E-state index contributed by atoms with van der Waals surface area (Å²) in [5.74, 6) is -0.226. The minimum atomic E-state index is -0.274. The Hall–Kier alpha value is -2.66. The number of amides is 1. The number of halogens is 1. The van der Waals surface area contributed by atoms with E-state index in [1.165, 1.54) is 34.9 Å². The van der Waals surface area contributed by atoms with Gasteiger partial charge in [0.15, 0.2) is 0 Å². The molecule has 6 heteroatoms. The number of fused-ring (bicyclic) bond motifs is 2. The predicted molar refractivity (Wildman–Crippen MR) is 111 cm³/mol. The van der Waals surface area contributed by atoms with E-state index in [9.17, 15) is 9.59 Å². The number of hydrogen-bond donors (Lipinski definition) is 1. The lowest BCUT2D eigenvalue weighted by Gasteiger charge is -2.20. The molecule has 1 aliphatic rings. The third kappa shape index (κ3) is 3.80. The van der Waals surface area contributed by atoms with Gasteiger partial charge in [0.2, 0.25) is 5.91 Å². The summed E-state index contributed by atoms with van der Waals surface area (Å²) in [7, 11) is 0. The second-order valence-electron chi connectivity index (χ2n) is 7.36. The monoisotopic (exact) mass is 395 g/mol. The van der Waals surface area contributed by atoms with Crippen molar-refractivity contribution in [1.82, 2.24) is 14.9 Å². The van der Waals surface area contributed by atoms with Gasteiger partial charge in [0, 0.05) is 5.02 Å². The molecule has 4 rings (SSSR count). The average Bonchev–Trinajstić information content (AvgIpc) is 2.70. The molecule has 1 aromatic heterocycles. The first-order valence-electron chi connectivity index (χ1n) is 9.57. The van der Waals surface area contributed by atoms with Crippen LogP contribution in [0.2, 0.25) is 5.02 Å². The van der Waals surface area contributed by atoms with Crippen LogP contribution in [0.4, 0.5) is 0 Å². The summed E-state index contributed by atoms with van der Waals surface area (Å²) in [6, 6.07) is 11.3. The second-order valence-corrected chi connectivity index (χ2v) is 7.80. The molecule has 0 saturated carbocycles. The number of benzene rings is 2. The van der Waals surface area contributed by atoms with E-state index in [-0.39, 0.29) is 24.1 Å². The predicted octanol–water partition coefficient (Wildman–Crippen LogP) is 3.81. The van der Waals surface area contributed by atoms with Crippen LogP contribution < -0.4 is 10.9 Å². The molecule has 0 spiro atoms. The van der Waals surface area contributed by atoms with Crippen molar-refractivity contribution in [1.29, 1.82) is 0 Å². The van der Waals surface area contributed by atoms with Crippen LogP contribution in [0.25, 0.3) is 10.9 Å². The number of nitrogens with one attached hydrogen (secondary N) is 1. The number of rotatable bonds is 4. The molecule has 1 amide bonds. The Kier molecular flexibility index (Phi) is 5.18. The van der Waals surface area contributed by atoms with Gasteiger partial charge in [-0.25, -0.2) is 4.98 Å². The number of carbonyl (C=O) groups excluding carboxylic acids is 1. The molecule has 0 bridgehead atoms. The Bertz CT molecular complexity index is 1110. The summed E-state index contributed by atoms with van der Waals surface area (Å²) >= 11 is 5.98. The molecule has 0 fully saturated rings. The van der Waals surface area contributed by atoms with Crippen molar-refractivity contribution in [2.75, 3.05) is 0 Å². The summed E-state index contributed by atoms with van der Waals surface area (Å²) in [6.07, 6.45) is 6.11. The zero-order valence-corrected chi connectivity index (χ0v) is 16.5. The molecule has 0 saturated heterocycles. The van der Waals surface area contributed by atoms with Crippen LogP contribution in [0.5, 0.6) is 0 Å². The quantitative estimate of drug-likeness (QED) is 0.730. The maximum atomic E-state index is 12.6. The normalized spacial score (nSPS) is 14.5. The van der Waals surface area contributed by atoms with E-state index >= 15 is 0 Å². The Balaban J connectivity index is 1.49. The van der Waals surface area contributed by atoms with Gasteiger partial charge < -0.3 is 5.32 Å². The van der Waals surface area contributed by atoms with E-state index < -0.39 is 0 Å². The van der Waals surface area contributed by atoms with Crippen molar-refractivity contribution in [3.8, 4) is 0 Å². The average molecular weight is 396 g/mol. The highest BCUT2D eigenvalue weighted by Crippen LogP contribution is 2.24. The van der Waals surface area contributed by atoms with E-state index in [0.717, 1.165) is 18.4 Å². The number of aromatic nitrogens is 2. The standard InChI is InChI=1S/C22H22ClN3O2/c1-14(16-7-6-15-4-2-3-5-17(15)10-16)25-21(27)12-26-13-24-20-9-8-18(23)11-19(20)22(26)28/h6-11,13-14H,2-5,12H2,1H3,(H,25,27)/t14-/m1/s1. The summed E-state index contributed by atoms with van der Waals surface area (Å²) in [6.45, 7) is 1.88. The lowest BCUT2D eigenvalue weighted by atomic mass is 9.89. The highest BCUT2D eigenvalue weighted by atomic mass is 35.5. The molecule has 0 radical (unpaired) electrons. The molecule has 1 aliphatic carbocycles. The fourth-order valence-corrected chi connectivity index (χ4v) is 3.96. The molecule has 1 heterocycles. The molecule has 2 aromatic carbocycles. The van der Waals surface area contributed by atoms with Crippen molar-refractivity contribution in [2.24, 2.45) is 0 Å². The van der Waals surface area contributed by atoms with E-state index in [4.69, 9.17) is 11.6 Å². The lowest BCUT2D eigenvalue weighted by molar-refractivity contribution is -0.122. The van der Waals surface area contributed by atoms with Crippen molar-refractivity contribution in [3.63, 3.8) is 0 Å². The van der Waals surface area contributed by atoms with Gasteiger partial charge in [-0.2, -0.15) is 0 Å². The molecule has 0 aliphatic heterocycles. The largest absolute Gasteiger partial charge is 0.348 e. The van der Waals surface area contributed by atoms with Crippen molar-refractivity contribution < 1.29 is 4.79 Å². The maximum Gasteiger partial charge on any atom is 0.261 e. The third-order valence-electron chi connectivity index (χ3n) is 5.35. The summed E-state index contributed by atoms with van der Waals surface area (Å²) < 4.78 is 1.31. The Labute approximate surface area is 168 Å². The Morgan fingerprint density at radius 3 is 2.79 bits per heavy atom. The molecule has 0 unspecified atom stereocenters. The first-order chi connectivity index (χ1) is 13.5. The topological polar surface area (TPSA) is 64.0 Å². The number of nitrogens with zero attached hydrogens (tertiary/aromatic N) is 2. The van der Waals surface area contributed by atoms with Crippen molar-refractivity contribution >= 4 is 28.4 Å². The zero-order chi connectivity index (χ0) is 19.7. The van der Waals surface area contributed by atoms with Gasteiger partial charge in [0.25, 0.3) is 5.56 Å². The highest BCUT2D eigenvalue weighted by molar-refractivity contribution is 6.31. The van der Waals surface area contributed by atoms with Crippen LogP contribution in [0.15, 0.2) is 47.5 Å². The molecule has 1 atom stereocenters. The van der Waals surface area contributed by atoms with E-state index in [1.807, 2.05) is 6.92 Å². The van der Waals surface area contributed by atoms with Crippen LogP contribution in [-0.2, 0) is 24.2 Å². The summed E-state index contributed by atoms with van der Waals surface area (Å²) in [5.41, 5.74) is 4.18. The van der Waals surface area contributed by atoms with Crippen LogP contribution in [-0.4, -0.2) is 15.5 Å². The third-order valence-corrected chi connectivity index (χ3v) is 5.59. The highest BCUT2D eigenvalue weighted by Gasteiger charge is 2.15. The Morgan fingerprint density at radius 2 is 1.96 bits per heavy atom. The number of carbonyl (C=O) groups is 1. The molecule has 144 valence electrons. The lowest BCUT2D eigenvalue weighted by Crippen LogP contribution is -2.34. The molecular weight excluding hydrogens is 374 g/mol. The van der Waals surface area contributed by atoms with E-state index in [1.54, 1.807) is 18.2 Å². The van der Waals surface area contributed by atoms with E-state index in [0.29, 0.717) is 15.9 Å². The summed E-state index contributed by atoms with van der Waals surface area (Å²) in [5, 5.41) is 3.86. The molecule has 3 aromatic rings. The maximum absolute atomic E-state index is 12.6. The first kappa shape index (κ1) is 18.7. The summed E-state index contributed by atoms with van der Waals surface area (Å²) in [4.78, 5) is 29.4. The molecule has 5 nitrogen and oxygen atoms in total. The fourth-order valence-electron chi connectivity index (χ4n) is 3.79. The van der Waals surface area contributed by atoms with Gasteiger partial charge in [0.05, 0.1) is 23.3 Å². The van der Waals surface area contributed by atoms with Gasteiger partial charge in [0.1, 0.15) is 6.54 Å². The fraction of sp³-hybridized carbons (Fsp3) is 0.318. The molecule has 28 heavy (non-hydrogen) atoms. The SMILES string of the molecule is C[C@@H](NC(=O)Cn1cnc2ccc(Cl)cc2c1=O)c1ccc2c(c1)CCCC2. The van der Waals surface area contributed by atoms with Gasteiger partial charge in [-0.15, -0.1) is 0 Å². The molecular formula is C22H22ClN3O2. The van der Waals surface area contributed by atoms with Gasteiger partial charge >= 0.3 is 0 Å².